The van der Waals surface area contributed by atoms with E-state index in [4.69, 9.17) is 5.41 Å². The maximum atomic E-state index is 15.4. The van der Waals surface area contributed by atoms with Crippen LogP contribution in [0.15, 0.2) is 108 Å². The topological polar surface area (TPSA) is 35.9 Å². The molecule has 0 saturated heterocycles. The third kappa shape index (κ3) is 5.07. The molecular formula is C29H28BrFN2. The zero-order valence-corrected chi connectivity index (χ0v) is 20.7. The minimum absolute atomic E-state index is 0.283. The van der Waals surface area contributed by atoms with E-state index >= 15 is 4.39 Å². The molecule has 168 valence electrons. The molecule has 0 aliphatic carbocycles. The lowest BCUT2D eigenvalue weighted by Gasteiger charge is -2.38. The largest absolute Gasteiger partial charge is 0.365 e. The van der Waals surface area contributed by atoms with Crippen LogP contribution < -0.4 is 5.32 Å². The van der Waals surface area contributed by atoms with E-state index in [1.165, 1.54) is 6.07 Å². The highest BCUT2D eigenvalue weighted by atomic mass is 79.9. The molecular weight excluding hydrogens is 475 g/mol. The first-order valence-electron chi connectivity index (χ1n) is 11.0. The average molecular weight is 503 g/mol. The van der Waals surface area contributed by atoms with Crippen LogP contribution in [0.5, 0.6) is 0 Å². The average Bonchev–Trinajstić information content (AvgIpc) is 2.86. The zero-order valence-electron chi connectivity index (χ0n) is 19.1. The van der Waals surface area contributed by atoms with Crippen molar-refractivity contribution in [2.24, 2.45) is 0 Å². The molecule has 4 heteroatoms. The molecule has 0 aliphatic heterocycles. The summed E-state index contributed by atoms with van der Waals surface area (Å²) in [6, 6.07) is 33.3. The number of nitrogens with one attached hydrogen (secondary N) is 2. The van der Waals surface area contributed by atoms with Gasteiger partial charge >= 0.3 is 0 Å². The molecule has 0 spiro atoms. The summed E-state index contributed by atoms with van der Waals surface area (Å²) in [7, 11) is 0. The first kappa shape index (κ1) is 24.4. The Morgan fingerprint density at radius 2 is 1.15 bits per heavy atom. The third-order valence-corrected chi connectivity index (χ3v) is 5.85. The molecule has 0 unspecified atom stereocenters. The van der Waals surface area contributed by atoms with Crippen LogP contribution in [0.2, 0.25) is 0 Å². The van der Waals surface area contributed by atoms with Gasteiger partial charge in [0.25, 0.3) is 0 Å². The van der Waals surface area contributed by atoms with E-state index in [2.05, 4.69) is 21.2 Å². The smallest absolute Gasteiger partial charge is 0.148 e. The van der Waals surface area contributed by atoms with Crippen molar-refractivity contribution < 1.29 is 4.39 Å². The first-order chi connectivity index (χ1) is 16.0. The van der Waals surface area contributed by atoms with E-state index in [-0.39, 0.29) is 5.71 Å². The number of hydrogen-bond donors (Lipinski definition) is 2. The van der Waals surface area contributed by atoms with Gasteiger partial charge in [-0.05, 0) is 35.7 Å². The SMILES string of the molecule is CC.CC(=N)c1cc(Br)cc(F)c1NC(c1ccccc1)(c1ccccc1)c1ccccc1. The van der Waals surface area contributed by atoms with Gasteiger partial charge in [-0.1, -0.05) is 121 Å². The summed E-state index contributed by atoms with van der Waals surface area (Å²) < 4.78 is 16.0. The second kappa shape index (κ2) is 11.1. The minimum Gasteiger partial charge on any atom is -0.365 e. The van der Waals surface area contributed by atoms with Gasteiger partial charge in [-0.3, -0.25) is 0 Å². The van der Waals surface area contributed by atoms with Gasteiger partial charge in [0, 0.05) is 15.7 Å². The quantitative estimate of drug-likeness (QED) is 0.201. The fourth-order valence-electron chi connectivity index (χ4n) is 3.96. The van der Waals surface area contributed by atoms with Crippen molar-refractivity contribution in [1.82, 2.24) is 0 Å². The molecule has 0 radical (unpaired) electrons. The van der Waals surface area contributed by atoms with Gasteiger partial charge in [0.1, 0.15) is 11.4 Å². The monoisotopic (exact) mass is 502 g/mol. The molecule has 0 saturated carbocycles. The van der Waals surface area contributed by atoms with Crippen LogP contribution in [0.25, 0.3) is 0 Å². The highest BCUT2D eigenvalue weighted by molar-refractivity contribution is 9.10. The molecule has 4 aromatic rings. The molecule has 4 rings (SSSR count). The van der Waals surface area contributed by atoms with Crippen LogP contribution >= 0.6 is 15.9 Å². The summed E-state index contributed by atoms with van der Waals surface area (Å²) in [4.78, 5) is 0. The lowest BCUT2D eigenvalue weighted by molar-refractivity contribution is 0.617. The van der Waals surface area contributed by atoms with Gasteiger partial charge in [-0.25, -0.2) is 4.39 Å². The van der Waals surface area contributed by atoms with Crippen molar-refractivity contribution in [3.05, 3.63) is 136 Å². The fraction of sp³-hybridized carbons (Fsp3) is 0.138. The summed E-state index contributed by atoms with van der Waals surface area (Å²) in [5.41, 5.74) is 3.16. The van der Waals surface area contributed by atoms with Crippen LogP contribution in [0.1, 0.15) is 43.0 Å². The van der Waals surface area contributed by atoms with Gasteiger partial charge in [-0.2, -0.15) is 0 Å². The molecule has 4 aromatic carbocycles. The van der Waals surface area contributed by atoms with Gasteiger partial charge in [0.05, 0.1) is 5.69 Å². The van der Waals surface area contributed by atoms with Crippen molar-refractivity contribution in [1.29, 1.82) is 5.41 Å². The van der Waals surface area contributed by atoms with E-state index in [1.54, 1.807) is 13.0 Å². The Bertz CT molecular complexity index is 1100. The van der Waals surface area contributed by atoms with Gasteiger partial charge < -0.3 is 10.7 Å². The first-order valence-corrected chi connectivity index (χ1v) is 11.8. The summed E-state index contributed by atoms with van der Waals surface area (Å²) >= 11 is 3.37. The van der Waals surface area contributed by atoms with E-state index in [0.29, 0.717) is 15.7 Å². The van der Waals surface area contributed by atoms with Crippen molar-refractivity contribution in [2.75, 3.05) is 5.32 Å². The van der Waals surface area contributed by atoms with Crippen molar-refractivity contribution in [2.45, 2.75) is 26.3 Å². The Kier molecular flexibility index (Phi) is 8.18. The summed E-state index contributed by atoms with van der Waals surface area (Å²) in [6.45, 7) is 5.67. The molecule has 0 heterocycles. The van der Waals surface area contributed by atoms with E-state index in [9.17, 15) is 0 Å². The summed E-state index contributed by atoms with van der Waals surface area (Å²) in [5, 5.41) is 11.8. The second-order valence-corrected chi connectivity index (χ2v) is 8.32. The summed E-state index contributed by atoms with van der Waals surface area (Å²) in [6.07, 6.45) is 0. The minimum atomic E-state index is -0.858. The van der Waals surface area contributed by atoms with Crippen molar-refractivity contribution >= 4 is 27.3 Å². The molecule has 0 aromatic heterocycles. The molecule has 33 heavy (non-hydrogen) atoms. The van der Waals surface area contributed by atoms with Gasteiger partial charge in [0.15, 0.2) is 0 Å². The summed E-state index contributed by atoms with van der Waals surface area (Å²) in [5.74, 6) is -0.414. The fourth-order valence-corrected chi connectivity index (χ4v) is 4.39. The predicted octanol–water partition coefficient (Wildman–Crippen LogP) is 8.41. The van der Waals surface area contributed by atoms with Crippen LogP contribution in [0.3, 0.4) is 0 Å². The van der Waals surface area contributed by atoms with E-state index < -0.39 is 11.4 Å². The van der Waals surface area contributed by atoms with Crippen LogP contribution in [0, 0.1) is 11.2 Å². The van der Waals surface area contributed by atoms with E-state index in [1.807, 2.05) is 105 Å². The molecule has 0 bridgehead atoms. The lowest BCUT2D eigenvalue weighted by Crippen LogP contribution is -2.39. The zero-order chi connectivity index (χ0) is 23.8. The Hall–Kier alpha value is -3.24. The number of hydrogen-bond acceptors (Lipinski definition) is 2. The maximum absolute atomic E-state index is 15.4. The number of benzene rings is 4. The molecule has 0 fully saturated rings. The number of rotatable bonds is 6. The van der Waals surface area contributed by atoms with Gasteiger partial charge in [-0.15, -0.1) is 0 Å². The number of anilines is 1. The Labute approximate surface area is 204 Å². The van der Waals surface area contributed by atoms with Crippen molar-refractivity contribution in [3.8, 4) is 0 Å². The highest BCUT2D eigenvalue weighted by Gasteiger charge is 2.37. The molecule has 0 amide bonds. The normalized spacial score (nSPS) is 10.7. The van der Waals surface area contributed by atoms with Crippen LogP contribution in [-0.2, 0) is 5.54 Å². The molecule has 2 nitrogen and oxygen atoms in total. The molecule has 0 atom stereocenters. The maximum Gasteiger partial charge on any atom is 0.148 e. The molecule has 0 aliphatic rings. The predicted molar refractivity (Wildman–Crippen MR) is 141 cm³/mol. The van der Waals surface area contributed by atoms with Crippen LogP contribution in [-0.4, -0.2) is 5.71 Å². The Morgan fingerprint density at radius 3 is 1.52 bits per heavy atom. The van der Waals surface area contributed by atoms with Gasteiger partial charge in [0.2, 0.25) is 0 Å². The van der Waals surface area contributed by atoms with Crippen molar-refractivity contribution in [3.63, 3.8) is 0 Å². The Morgan fingerprint density at radius 1 is 0.758 bits per heavy atom. The Balaban J connectivity index is 0.00000149. The second-order valence-electron chi connectivity index (χ2n) is 7.41. The lowest BCUT2D eigenvalue weighted by atomic mass is 9.76. The van der Waals surface area contributed by atoms with E-state index in [0.717, 1.165) is 16.7 Å². The molecule has 2 N–H and O–H groups in total. The third-order valence-electron chi connectivity index (χ3n) is 5.39. The van der Waals surface area contributed by atoms with Crippen LogP contribution in [0.4, 0.5) is 10.1 Å². The standard InChI is InChI=1S/C27H22BrFN2.C2H6/c1-19(30)24-17-23(28)18-25(29)26(24)31-27(20-11-5-2-6-12-20,21-13-7-3-8-14-21)22-15-9-4-10-16-22;1-2/h2-18,30-31H,1H3;1-2H3. The highest BCUT2D eigenvalue weighted by Crippen LogP contribution is 2.41. The number of halogens is 2.